The van der Waals surface area contributed by atoms with Crippen LogP contribution < -0.4 is 14.4 Å². The number of benzene rings is 3. The number of para-hydroxylation sites is 2. The second-order valence-corrected chi connectivity index (χ2v) is 11.4. The normalized spacial score (nSPS) is 21.8. The minimum Gasteiger partial charge on any atom is -0.433 e. The molecule has 10 heteroatoms. The third-order valence-corrected chi connectivity index (χ3v) is 8.84. The van der Waals surface area contributed by atoms with Gasteiger partial charge in [0.15, 0.2) is 0 Å². The molecular weight excluding hydrogens is 522 g/mol. The van der Waals surface area contributed by atoms with Crippen LogP contribution in [0.25, 0.3) is 0 Å². The summed E-state index contributed by atoms with van der Waals surface area (Å²) in [6.45, 7) is -3.08. The van der Waals surface area contributed by atoms with Gasteiger partial charge in [0, 0.05) is 11.4 Å². The van der Waals surface area contributed by atoms with Crippen LogP contribution in [0.3, 0.4) is 0 Å². The number of alkyl halides is 2. The summed E-state index contributed by atoms with van der Waals surface area (Å²) in [5.41, 5.74) is 4.38. The first-order valence-electron chi connectivity index (χ1n) is 12.1. The molecule has 3 aromatic carbocycles. The van der Waals surface area contributed by atoms with E-state index in [0.29, 0.717) is 19.3 Å². The van der Waals surface area contributed by atoms with Crippen LogP contribution in [-0.4, -0.2) is 38.3 Å². The van der Waals surface area contributed by atoms with Gasteiger partial charge in [0.1, 0.15) is 5.75 Å². The Hall–Kier alpha value is -2.72. The number of hydrogen-bond donors (Lipinski definition) is 2. The molecular formula is C27H27ClF2N2O4S. The number of nitrogens with one attached hydrogen (secondary N) is 1. The molecule has 0 unspecified atom stereocenters. The van der Waals surface area contributed by atoms with E-state index >= 15 is 0 Å². The Bertz CT molecular complexity index is 1340. The molecule has 0 bridgehead atoms. The molecule has 0 spiro atoms. The number of sulfonamides is 1. The maximum Gasteiger partial charge on any atom is 0.387 e. The van der Waals surface area contributed by atoms with Crippen molar-refractivity contribution < 1.29 is 27.0 Å². The Morgan fingerprint density at radius 2 is 1.59 bits per heavy atom. The molecule has 0 radical (unpaired) electrons. The lowest BCUT2D eigenvalue weighted by Gasteiger charge is -2.43. The molecule has 0 saturated heterocycles. The average Bonchev–Trinajstić information content (AvgIpc) is 3.03. The third kappa shape index (κ3) is 5.31. The van der Waals surface area contributed by atoms with Crippen molar-refractivity contribution in [3.63, 3.8) is 0 Å². The second kappa shape index (κ2) is 10.6. The van der Waals surface area contributed by atoms with Gasteiger partial charge in [-0.3, -0.25) is 0 Å². The van der Waals surface area contributed by atoms with E-state index in [4.69, 9.17) is 11.6 Å². The van der Waals surface area contributed by atoms with Gasteiger partial charge in [0.05, 0.1) is 28.1 Å². The predicted octanol–water partition coefficient (Wildman–Crippen LogP) is 5.44. The van der Waals surface area contributed by atoms with Crippen LogP contribution in [0.15, 0.2) is 71.6 Å². The molecule has 1 aliphatic carbocycles. The molecule has 37 heavy (non-hydrogen) atoms. The number of ether oxygens (including phenoxy) is 1. The standard InChI is InChI=1S/C27H27ClF2N2O4S/c28-20-16-19(14-15-25(20)36-27(29)30)37(34,35)31-21-8-5-11-24(26(21)33)32-22-9-3-1-6-17(22)12-13-18-7-2-4-10-23(18)32/h1-4,6-7,9-10,14-16,21,24,26-27,31,33H,5,8,11-13H2/t21-,24+,26+/m0/s1. The lowest BCUT2D eigenvalue weighted by atomic mass is 9.86. The van der Waals surface area contributed by atoms with Crippen LogP contribution in [0.4, 0.5) is 20.2 Å². The zero-order chi connectivity index (χ0) is 26.2. The number of aliphatic hydroxyl groups excluding tert-OH is 1. The zero-order valence-corrected chi connectivity index (χ0v) is 21.4. The largest absolute Gasteiger partial charge is 0.433 e. The molecule has 2 aliphatic rings. The highest BCUT2D eigenvalue weighted by Gasteiger charge is 2.40. The van der Waals surface area contributed by atoms with Gasteiger partial charge in [-0.2, -0.15) is 8.78 Å². The molecule has 3 atom stereocenters. The van der Waals surface area contributed by atoms with Gasteiger partial charge in [-0.25, -0.2) is 13.1 Å². The van der Waals surface area contributed by atoms with Crippen LogP contribution in [0.2, 0.25) is 5.02 Å². The minimum absolute atomic E-state index is 0.195. The van der Waals surface area contributed by atoms with Crippen LogP contribution in [0.1, 0.15) is 30.4 Å². The summed E-state index contributed by atoms with van der Waals surface area (Å²) in [4.78, 5) is 1.97. The van der Waals surface area contributed by atoms with Crippen molar-refractivity contribution in [1.29, 1.82) is 0 Å². The molecule has 2 N–H and O–H groups in total. The Morgan fingerprint density at radius 1 is 0.973 bits per heavy atom. The molecule has 1 heterocycles. The fraction of sp³-hybridized carbons (Fsp3) is 0.333. The Labute approximate surface area is 219 Å². The molecule has 5 rings (SSSR count). The lowest BCUT2D eigenvalue weighted by molar-refractivity contribution is -0.0498. The fourth-order valence-corrected chi connectivity index (χ4v) is 6.95. The molecule has 1 aliphatic heterocycles. The molecule has 0 aromatic heterocycles. The van der Waals surface area contributed by atoms with Crippen LogP contribution in [-0.2, 0) is 22.9 Å². The highest BCUT2D eigenvalue weighted by molar-refractivity contribution is 7.89. The second-order valence-electron chi connectivity index (χ2n) is 9.31. The van der Waals surface area contributed by atoms with Gasteiger partial charge >= 0.3 is 6.61 Å². The minimum atomic E-state index is -4.10. The van der Waals surface area contributed by atoms with Crippen LogP contribution in [0, 0.1) is 0 Å². The van der Waals surface area contributed by atoms with Gasteiger partial charge in [0.2, 0.25) is 10.0 Å². The van der Waals surface area contributed by atoms with Gasteiger partial charge in [0.25, 0.3) is 0 Å². The van der Waals surface area contributed by atoms with E-state index in [1.165, 1.54) is 11.1 Å². The van der Waals surface area contributed by atoms with Crippen molar-refractivity contribution in [3.8, 4) is 5.75 Å². The topological polar surface area (TPSA) is 78.9 Å². The fourth-order valence-electron chi connectivity index (χ4n) is 5.35. The summed E-state index contributed by atoms with van der Waals surface area (Å²) in [5.74, 6) is -0.313. The van der Waals surface area contributed by atoms with Gasteiger partial charge in [-0.05, 0) is 73.6 Å². The summed E-state index contributed by atoms with van der Waals surface area (Å²) in [7, 11) is -4.10. The highest BCUT2D eigenvalue weighted by Crippen LogP contribution is 2.41. The molecule has 1 fully saturated rings. The maximum atomic E-state index is 13.2. The number of anilines is 2. The Balaban J connectivity index is 1.44. The number of nitrogens with zero attached hydrogens (tertiary/aromatic N) is 1. The Morgan fingerprint density at radius 3 is 2.19 bits per heavy atom. The molecule has 0 amide bonds. The Kier molecular flexibility index (Phi) is 7.40. The number of aryl methyl sites for hydroxylation is 2. The van der Waals surface area contributed by atoms with E-state index in [1.54, 1.807) is 0 Å². The number of aliphatic hydroxyl groups is 1. The average molecular weight is 549 g/mol. The van der Waals surface area contributed by atoms with Crippen LogP contribution >= 0.6 is 11.6 Å². The summed E-state index contributed by atoms with van der Waals surface area (Å²) in [6.07, 6.45) is 2.59. The number of halogens is 3. The van der Waals surface area contributed by atoms with E-state index in [1.807, 2.05) is 36.4 Å². The molecule has 1 saturated carbocycles. The quantitative estimate of drug-likeness (QED) is 0.429. The summed E-state index contributed by atoms with van der Waals surface area (Å²) >= 11 is 5.98. The van der Waals surface area contributed by atoms with Gasteiger partial charge in [-0.1, -0.05) is 48.0 Å². The molecule has 196 valence electrons. The van der Waals surface area contributed by atoms with Crippen molar-refractivity contribution >= 4 is 33.0 Å². The summed E-state index contributed by atoms with van der Waals surface area (Å²) in [5, 5.41) is 11.3. The predicted molar refractivity (Wildman–Crippen MR) is 138 cm³/mol. The highest BCUT2D eigenvalue weighted by atomic mass is 35.5. The number of hydrogen-bond acceptors (Lipinski definition) is 5. The zero-order valence-electron chi connectivity index (χ0n) is 19.9. The van der Waals surface area contributed by atoms with Crippen molar-refractivity contribution in [3.05, 3.63) is 82.9 Å². The van der Waals surface area contributed by atoms with Gasteiger partial charge in [-0.15, -0.1) is 0 Å². The van der Waals surface area contributed by atoms with Crippen molar-refractivity contribution in [2.75, 3.05) is 4.90 Å². The lowest BCUT2D eigenvalue weighted by Crippen LogP contribution is -2.55. The van der Waals surface area contributed by atoms with Crippen molar-refractivity contribution in [2.24, 2.45) is 0 Å². The summed E-state index contributed by atoms with van der Waals surface area (Å²) < 4.78 is 58.4. The third-order valence-electron chi connectivity index (χ3n) is 7.06. The smallest absolute Gasteiger partial charge is 0.387 e. The van der Waals surface area contributed by atoms with E-state index < -0.39 is 28.8 Å². The maximum absolute atomic E-state index is 13.2. The van der Waals surface area contributed by atoms with Gasteiger partial charge < -0.3 is 14.7 Å². The van der Waals surface area contributed by atoms with E-state index in [0.717, 1.165) is 42.4 Å². The molecule has 3 aromatic rings. The first-order chi connectivity index (χ1) is 17.7. The van der Waals surface area contributed by atoms with Crippen molar-refractivity contribution in [1.82, 2.24) is 4.72 Å². The first-order valence-corrected chi connectivity index (χ1v) is 14.0. The summed E-state index contributed by atoms with van der Waals surface area (Å²) in [6, 6.07) is 18.4. The van der Waals surface area contributed by atoms with Crippen LogP contribution in [0.5, 0.6) is 5.75 Å². The van der Waals surface area contributed by atoms with E-state index in [2.05, 4.69) is 26.5 Å². The number of fused-ring (bicyclic) bond motifs is 2. The number of rotatable bonds is 6. The van der Waals surface area contributed by atoms with E-state index in [-0.39, 0.29) is 21.7 Å². The molecule has 6 nitrogen and oxygen atoms in total. The van der Waals surface area contributed by atoms with Crippen molar-refractivity contribution in [2.45, 2.75) is 61.8 Å². The first kappa shape index (κ1) is 25.9. The van der Waals surface area contributed by atoms with E-state index in [9.17, 15) is 22.3 Å². The SMILES string of the molecule is O=S(=O)(N[C@H]1CCC[C@@H](N2c3ccccc3CCc3ccccc32)[C@@H]1O)c1ccc(OC(F)F)c(Cl)c1. The monoisotopic (exact) mass is 548 g/mol.